The number of ether oxygens (including phenoxy) is 2. The zero-order valence-electron chi connectivity index (χ0n) is 18.2. The van der Waals surface area contributed by atoms with Crippen molar-refractivity contribution >= 4 is 29.9 Å². The van der Waals surface area contributed by atoms with Crippen LogP contribution in [0.5, 0.6) is 11.5 Å². The van der Waals surface area contributed by atoms with Crippen LogP contribution in [-0.4, -0.2) is 57.3 Å². The lowest BCUT2D eigenvalue weighted by Crippen LogP contribution is -2.42. The van der Waals surface area contributed by atoms with E-state index in [1.54, 1.807) is 14.2 Å². The van der Waals surface area contributed by atoms with Gasteiger partial charge in [-0.1, -0.05) is 32.1 Å². The summed E-state index contributed by atoms with van der Waals surface area (Å²) in [5, 5.41) is 3.19. The number of aliphatic imine (C=N–C) groups is 1. The lowest BCUT2D eigenvalue weighted by Gasteiger charge is -2.31. The van der Waals surface area contributed by atoms with Gasteiger partial charge in [-0.15, -0.1) is 37.1 Å². The first-order valence-corrected chi connectivity index (χ1v) is 9.67. The largest absolute Gasteiger partial charge is 0.493 e. The zero-order chi connectivity index (χ0) is 20.9. The Morgan fingerprint density at radius 3 is 2.31 bits per heavy atom. The molecule has 6 nitrogen and oxygen atoms in total. The summed E-state index contributed by atoms with van der Waals surface area (Å²) in [5.41, 5.74) is 7.21. The lowest BCUT2D eigenvalue weighted by atomic mass is 10.0. The summed E-state index contributed by atoms with van der Waals surface area (Å²) in [7, 11) is 3.27. The van der Waals surface area contributed by atoms with E-state index in [0.717, 1.165) is 36.6 Å². The van der Waals surface area contributed by atoms with Gasteiger partial charge < -0.3 is 20.5 Å². The quantitative estimate of drug-likeness (QED) is 0.182. The fraction of sp³-hybridized carbons (Fsp3) is 0.500. The highest BCUT2D eigenvalue weighted by molar-refractivity contribution is 14.0. The van der Waals surface area contributed by atoms with E-state index >= 15 is 0 Å². The fourth-order valence-electron chi connectivity index (χ4n) is 3.04. The number of rotatable bonds is 13. The van der Waals surface area contributed by atoms with Crippen LogP contribution in [0.15, 0.2) is 48.5 Å². The number of guanidine groups is 1. The van der Waals surface area contributed by atoms with Gasteiger partial charge in [0.2, 0.25) is 0 Å². The van der Waals surface area contributed by atoms with Crippen molar-refractivity contribution in [3.8, 4) is 11.5 Å². The second kappa shape index (κ2) is 15.1. The molecule has 0 heterocycles. The summed E-state index contributed by atoms with van der Waals surface area (Å²) >= 11 is 0. The maximum Gasteiger partial charge on any atom is 0.188 e. The highest BCUT2D eigenvalue weighted by atomic mass is 127. The summed E-state index contributed by atoms with van der Waals surface area (Å²) in [4.78, 5) is 6.86. The molecule has 0 aromatic heterocycles. The molecular weight excluding hydrogens is 479 g/mol. The topological polar surface area (TPSA) is 72.1 Å². The van der Waals surface area contributed by atoms with Crippen LogP contribution < -0.4 is 20.5 Å². The van der Waals surface area contributed by atoms with Gasteiger partial charge in [0, 0.05) is 25.7 Å². The molecule has 1 aromatic rings. The maximum absolute atomic E-state index is 6.07. The normalized spacial score (nSPS) is 12.3. The van der Waals surface area contributed by atoms with Gasteiger partial charge in [-0.05, 0) is 30.0 Å². The monoisotopic (exact) mass is 516 g/mol. The van der Waals surface area contributed by atoms with Gasteiger partial charge in [-0.25, -0.2) is 0 Å². The Bertz CT molecular complexity index is 640. The number of nitrogens with zero attached hydrogens (tertiary/aromatic N) is 2. The van der Waals surface area contributed by atoms with Crippen LogP contribution in [0.2, 0.25) is 0 Å². The summed E-state index contributed by atoms with van der Waals surface area (Å²) in [6.45, 7) is 15.0. The van der Waals surface area contributed by atoms with Gasteiger partial charge in [0.1, 0.15) is 0 Å². The summed E-state index contributed by atoms with van der Waals surface area (Å²) in [6.07, 6.45) is 4.63. The number of nitrogens with two attached hydrogens (primary N) is 1. The van der Waals surface area contributed by atoms with Crippen LogP contribution >= 0.6 is 24.0 Å². The van der Waals surface area contributed by atoms with Crippen LogP contribution in [0.3, 0.4) is 0 Å². The first-order valence-electron chi connectivity index (χ1n) is 9.67. The van der Waals surface area contributed by atoms with Gasteiger partial charge in [-0.2, -0.15) is 0 Å². The van der Waals surface area contributed by atoms with E-state index in [1.165, 1.54) is 0 Å². The predicted molar refractivity (Wildman–Crippen MR) is 134 cm³/mol. The summed E-state index contributed by atoms with van der Waals surface area (Å²) in [5.74, 6) is 2.36. The SMILES string of the molecule is C=CCN(CC=C)C(CN=C(N)NCCc1ccc(OC)c(OC)c1)C(C)C.I. The third kappa shape index (κ3) is 9.54. The first-order chi connectivity index (χ1) is 13.5. The Morgan fingerprint density at radius 1 is 1.17 bits per heavy atom. The van der Waals surface area contributed by atoms with E-state index in [0.29, 0.717) is 25.0 Å². The standard InChI is InChI=1S/C22H36N4O2.HI/c1-7-13-26(14-8-2)19(17(3)4)16-25-22(23)24-12-11-18-9-10-20(27-5)21(15-18)28-6;/h7-10,15,17,19H,1-2,11-14,16H2,3-6H3,(H3,23,24,25);1H. The maximum atomic E-state index is 6.07. The van der Waals surface area contributed by atoms with Gasteiger partial charge in [0.05, 0.1) is 20.8 Å². The van der Waals surface area contributed by atoms with Crippen LogP contribution in [0.4, 0.5) is 0 Å². The van der Waals surface area contributed by atoms with Gasteiger partial charge >= 0.3 is 0 Å². The molecule has 1 rings (SSSR count). The van der Waals surface area contributed by atoms with E-state index in [1.807, 2.05) is 30.4 Å². The van der Waals surface area contributed by atoms with Crippen molar-refractivity contribution in [1.82, 2.24) is 10.2 Å². The van der Waals surface area contributed by atoms with Crippen molar-refractivity contribution in [2.75, 3.05) is 40.4 Å². The molecule has 0 spiro atoms. The molecule has 0 amide bonds. The van der Waals surface area contributed by atoms with E-state index < -0.39 is 0 Å². The van der Waals surface area contributed by atoms with Gasteiger partial charge in [-0.3, -0.25) is 9.89 Å². The van der Waals surface area contributed by atoms with Crippen LogP contribution in [0, 0.1) is 5.92 Å². The third-order valence-corrected chi connectivity index (χ3v) is 4.58. The second-order valence-corrected chi connectivity index (χ2v) is 6.93. The number of benzene rings is 1. The fourth-order valence-corrected chi connectivity index (χ4v) is 3.04. The number of hydrogen-bond acceptors (Lipinski definition) is 4. The molecule has 0 aliphatic heterocycles. The first kappa shape index (κ1) is 27.3. The van der Waals surface area contributed by atoms with Crippen LogP contribution in [0.1, 0.15) is 19.4 Å². The smallest absolute Gasteiger partial charge is 0.188 e. The van der Waals surface area contributed by atoms with Crippen molar-refractivity contribution in [2.24, 2.45) is 16.6 Å². The minimum Gasteiger partial charge on any atom is -0.493 e. The molecule has 3 N–H and O–H groups in total. The number of methoxy groups -OCH3 is 2. The lowest BCUT2D eigenvalue weighted by molar-refractivity contribution is 0.195. The molecule has 0 saturated heterocycles. The minimum atomic E-state index is 0. The Hall–Kier alpha value is -1.74. The van der Waals surface area contributed by atoms with Crippen LogP contribution in [0.25, 0.3) is 0 Å². The molecule has 0 aliphatic carbocycles. The summed E-state index contributed by atoms with van der Waals surface area (Å²) < 4.78 is 10.6. The Morgan fingerprint density at radius 2 is 1.79 bits per heavy atom. The van der Waals surface area contributed by atoms with E-state index in [-0.39, 0.29) is 30.0 Å². The van der Waals surface area contributed by atoms with Crippen molar-refractivity contribution in [2.45, 2.75) is 26.3 Å². The molecular formula is C22H37IN4O2. The second-order valence-electron chi connectivity index (χ2n) is 6.93. The van der Waals surface area contributed by atoms with E-state index in [9.17, 15) is 0 Å². The van der Waals surface area contributed by atoms with Crippen molar-refractivity contribution < 1.29 is 9.47 Å². The number of halogens is 1. The number of hydrogen-bond donors (Lipinski definition) is 2. The highest BCUT2D eigenvalue weighted by Crippen LogP contribution is 2.27. The zero-order valence-corrected chi connectivity index (χ0v) is 20.5. The van der Waals surface area contributed by atoms with Crippen LogP contribution in [-0.2, 0) is 6.42 Å². The molecule has 164 valence electrons. The average Bonchev–Trinajstić information content (AvgIpc) is 2.68. The van der Waals surface area contributed by atoms with Gasteiger partial charge in [0.15, 0.2) is 17.5 Å². The Balaban J connectivity index is 0.00000784. The molecule has 7 heteroatoms. The molecule has 0 bridgehead atoms. The number of nitrogens with one attached hydrogen (secondary N) is 1. The molecule has 0 saturated carbocycles. The molecule has 0 fully saturated rings. The minimum absolute atomic E-state index is 0. The molecule has 29 heavy (non-hydrogen) atoms. The van der Waals surface area contributed by atoms with Crippen molar-refractivity contribution in [3.63, 3.8) is 0 Å². The van der Waals surface area contributed by atoms with E-state index in [4.69, 9.17) is 15.2 Å². The average molecular weight is 516 g/mol. The van der Waals surface area contributed by atoms with Crippen molar-refractivity contribution in [1.29, 1.82) is 0 Å². The molecule has 0 aliphatic rings. The van der Waals surface area contributed by atoms with Gasteiger partial charge in [0.25, 0.3) is 0 Å². The highest BCUT2D eigenvalue weighted by Gasteiger charge is 2.19. The molecule has 1 atom stereocenters. The van der Waals surface area contributed by atoms with Crippen molar-refractivity contribution in [3.05, 3.63) is 49.1 Å². The third-order valence-electron chi connectivity index (χ3n) is 4.58. The molecule has 0 radical (unpaired) electrons. The Labute approximate surface area is 193 Å². The Kier molecular flexibility index (Phi) is 14.2. The molecule has 1 aromatic carbocycles. The predicted octanol–water partition coefficient (Wildman–Crippen LogP) is 3.47. The van der Waals surface area contributed by atoms with E-state index in [2.05, 4.69) is 42.2 Å². The molecule has 1 unspecified atom stereocenters. The summed E-state index contributed by atoms with van der Waals surface area (Å²) in [6, 6.07) is 6.19.